The highest BCUT2D eigenvalue weighted by molar-refractivity contribution is 9.10. The Kier molecular flexibility index (Phi) is 8.29. The summed E-state index contributed by atoms with van der Waals surface area (Å²) in [4.78, 5) is 23.2. The Morgan fingerprint density at radius 2 is 1.27 bits per heavy atom. The van der Waals surface area contributed by atoms with E-state index in [4.69, 9.17) is 8.83 Å². The second-order valence-corrected chi connectivity index (χ2v) is 6.64. The molecule has 0 aliphatic rings. The summed E-state index contributed by atoms with van der Waals surface area (Å²) < 4.78 is 11.6. The molecule has 2 heterocycles. The van der Waals surface area contributed by atoms with Gasteiger partial charge in [-0.25, -0.2) is 10.9 Å². The summed E-state index contributed by atoms with van der Waals surface area (Å²) in [6, 6.07) is 6.88. The third-order valence-corrected chi connectivity index (χ3v) is 3.86. The van der Waals surface area contributed by atoms with Crippen LogP contribution in [0.1, 0.15) is 37.2 Å². The van der Waals surface area contributed by atoms with Crippen LogP contribution in [0.5, 0.6) is 0 Å². The lowest BCUT2D eigenvalue weighted by molar-refractivity contribution is -0.123. The molecule has 0 aliphatic heterocycles. The van der Waals surface area contributed by atoms with Crippen LogP contribution < -0.4 is 10.9 Å². The van der Waals surface area contributed by atoms with Crippen molar-refractivity contribution in [2.24, 2.45) is 10.2 Å². The van der Waals surface area contributed by atoms with Crippen molar-refractivity contribution in [3.63, 3.8) is 0 Å². The number of halogens is 2. The van der Waals surface area contributed by atoms with Crippen LogP contribution in [0.25, 0.3) is 0 Å². The van der Waals surface area contributed by atoms with Gasteiger partial charge >= 0.3 is 0 Å². The number of unbranched alkanes of at least 4 members (excludes halogenated alkanes) is 1. The van der Waals surface area contributed by atoms with E-state index in [0.717, 1.165) is 0 Å². The van der Waals surface area contributed by atoms with Crippen molar-refractivity contribution in [2.75, 3.05) is 0 Å². The van der Waals surface area contributed by atoms with Gasteiger partial charge in [-0.3, -0.25) is 9.59 Å². The van der Waals surface area contributed by atoms with E-state index in [1.165, 1.54) is 12.4 Å². The van der Waals surface area contributed by atoms with Crippen LogP contribution in [0.3, 0.4) is 0 Å². The highest BCUT2D eigenvalue weighted by atomic mass is 79.9. The van der Waals surface area contributed by atoms with Crippen molar-refractivity contribution < 1.29 is 18.4 Å². The molecule has 2 N–H and O–H groups in total. The number of hydrogen-bond acceptors (Lipinski definition) is 6. The molecule has 0 unspecified atom stereocenters. The minimum atomic E-state index is -0.228. The van der Waals surface area contributed by atoms with E-state index in [2.05, 4.69) is 52.9 Å². The first kappa shape index (κ1) is 20.1. The summed E-state index contributed by atoms with van der Waals surface area (Å²) in [5.74, 6) is 0.593. The maximum absolute atomic E-state index is 11.6. The van der Waals surface area contributed by atoms with Crippen LogP contribution in [0.4, 0.5) is 0 Å². The minimum absolute atomic E-state index is 0.228. The number of rotatable bonds is 9. The largest absolute Gasteiger partial charge is 0.448 e. The Hall–Kier alpha value is -2.20. The number of amides is 2. The average Bonchev–Trinajstić information content (AvgIpc) is 3.20. The fraction of sp³-hybridized carbons (Fsp3) is 0.250. The van der Waals surface area contributed by atoms with Crippen LogP contribution in [0.2, 0.25) is 0 Å². The van der Waals surface area contributed by atoms with Gasteiger partial charge in [0, 0.05) is 12.8 Å². The van der Waals surface area contributed by atoms with Gasteiger partial charge in [0.1, 0.15) is 11.5 Å². The van der Waals surface area contributed by atoms with Gasteiger partial charge in [0.15, 0.2) is 9.34 Å². The second-order valence-electron chi connectivity index (χ2n) is 5.08. The van der Waals surface area contributed by atoms with Gasteiger partial charge in [-0.15, -0.1) is 0 Å². The van der Waals surface area contributed by atoms with Crippen LogP contribution in [-0.2, 0) is 9.59 Å². The summed E-state index contributed by atoms with van der Waals surface area (Å²) >= 11 is 6.34. The van der Waals surface area contributed by atoms with E-state index in [0.29, 0.717) is 33.7 Å². The molecule has 2 aromatic rings. The van der Waals surface area contributed by atoms with Gasteiger partial charge in [0.05, 0.1) is 12.4 Å². The van der Waals surface area contributed by atoms with Crippen molar-refractivity contribution in [3.8, 4) is 0 Å². The maximum Gasteiger partial charge on any atom is 0.240 e. The molecule has 0 aromatic carbocycles. The summed E-state index contributed by atoms with van der Waals surface area (Å²) in [5.41, 5.74) is 4.80. The normalized spacial score (nSPS) is 11.3. The maximum atomic E-state index is 11.6. The van der Waals surface area contributed by atoms with E-state index >= 15 is 0 Å². The molecule has 2 aromatic heterocycles. The van der Waals surface area contributed by atoms with E-state index in [1.54, 1.807) is 24.3 Å². The van der Waals surface area contributed by atoms with Gasteiger partial charge in [-0.05, 0) is 69.0 Å². The first-order valence-electron chi connectivity index (χ1n) is 7.67. The highest BCUT2D eigenvalue weighted by Crippen LogP contribution is 2.12. The van der Waals surface area contributed by atoms with E-state index in [1.807, 2.05) is 0 Å². The van der Waals surface area contributed by atoms with Gasteiger partial charge in [0.2, 0.25) is 11.8 Å². The Balaban J connectivity index is 1.54. The predicted molar refractivity (Wildman–Crippen MR) is 103 cm³/mol. The lowest BCUT2D eigenvalue weighted by Gasteiger charge is -2.00. The number of carbonyl (C=O) groups excluding carboxylic acids is 2. The van der Waals surface area contributed by atoms with E-state index in [-0.39, 0.29) is 24.7 Å². The molecule has 0 atom stereocenters. The molecule has 8 nitrogen and oxygen atoms in total. The molecule has 2 amide bonds. The molecule has 0 saturated heterocycles. The Labute approximate surface area is 166 Å². The third-order valence-electron chi connectivity index (χ3n) is 3.01. The molecular weight excluding hydrogens is 472 g/mol. The topological polar surface area (TPSA) is 109 Å². The molecule has 138 valence electrons. The summed E-state index contributed by atoms with van der Waals surface area (Å²) in [5, 5.41) is 7.58. The lowest BCUT2D eigenvalue weighted by Crippen LogP contribution is -2.18. The molecule has 0 saturated carbocycles. The number of hydrogen-bond donors (Lipinski definition) is 2. The van der Waals surface area contributed by atoms with Gasteiger partial charge in [0.25, 0.3) is 0 Å². The monoisotopic (exact) mass is 486 g/mol. The summed E-state index contributed by atoms with van der Waals surface area (Å²) in [7, 11) is 0. The van der Waals surface area contributed by atoms with Gasteiger partial charge in [-0.2, -0.15) is 10.2 Å². The average molecular weight is 488 g/mol. The zero-order valence-corrected chi connectivity index (χ0v) is 16.7. The zero-order chi connectivity index (χ0) is 18.8. The van der Waals surface area contributed by atoms with E-state index < -0.39 is 0 Å². The zero-order valence-electron chi connectivity index (χ0n) is 13.6. The summed E-state index contributed by atoms with van der Waals surface area (Å²) in [6.45, 7) is 0. The molecule has 2 rings (SSSR count). The van der Waals surface area contributed by atoms with Crippen molar-refractivity contribution in [1.82, 2.24) is 10.9 Å². The number of furan rings is 2. The van der Waals surface area contributed by atoms with Crippen LogP contribution in [0, 0.1) is 0 Å². The molecule has 0 fully saturated rings. The van der Waals surface area contributed by atoms with Crippen molar-refractivity contribution in [3.05, 3.63) is 45.1 Å². The highest BCUT2D eigenvalue weighted by Gasteiger charge is 2.03. The molecule has 26 heavy (non-hydrogen) atoms. The third kappa shape index (κ3) is 7.79. The number of hydrazone groups is 2. The number of nitrogens with one attached hydrogen (secondary N) is 2. The fourth-order valence-corrected chi connectivity index (χ4v) is 2.45. The predicted octanol–water partition coefficient (Wildman–Crippen LogP) is 3.56. The smallest absolute Gasteiger partial charge is 0.240 e. The van der Waals surface area contributed by atoms with Crippen molar-refractivity contribution in [2.45, 2.75) is 25.7 Å². The molecule has 0 radical (unpaired) electrons. The molecule has 0 aliphatic carbocycles. The number of carbonyl (C=O) groups is 2. The first-order valence-corrected chi connectivity index (χ1v) is 9.26. The van der Waals surface area contributed by atoms with Crippen LogP contribution in [-0.4, -0.2) is 24.2 Å². The van der Waals surface area contributed by atoms with Crippen LogP contribution in [0.15, 0.2) is 52.6 Å². The molecule has 0 bridgehead atoms. The van der Waals surface area contributed by atoms with Crippen LogP contribution >= 0.6 is 31.9 Å². The Morgan fingerprint density at radius 1 is 0.846 bits per heavy atom. The fourth-order valence-electron chi connectivity index (χ4n) is 1.81. The second kappa shape index (κ2) is 10.7. The number of nitrogens with zero attached hydrogens (tertiary/aromatic N) is 2. The molecular formula is C16H16Br2N4O4. The van der Waals surface area contributed by atoms with Gasteiger partial charge < -0.3 is 8.83 Å². The Morgan fingerprint density at radius 3 is 1.62 bits per heavy atom. The van der Waals surface area contributed by atoms with Crippen molar-refractivity contribution >= 4 is 56.1 Å². The van der Waals surface area contributed by atoms with Crippen molar-refractivity contribution in [1.29, 1.82) is 0 Å². The lowest BCUT2D eigenvalue weighted by atomic mass is 10.2. The SMILES string of the molecule is O=C(CCCCC(=O)N/N=C\c1ccc(Br)o1)N/N=C\c1ccc(Br)o1. The standard InChI is InChI=1S/C16H16Br2N4O4/c17-13-7-5-11(25-13)9-19-21-15(23)3-1-2-4-16(24)22-20-10-12-6-8-14(18)26-12/h5-10H,1-4H2,(H,21,23)(H,22,24)/b19-9-,20-10-. The minimum Gasteiger partial charge on any atom is -0.448 e. The Bertz CT molecular complexity index is 732. The molecule has 10 heteroatoms. The van der Waals surface area contributed by atoms with E-state index in [9.17, 15) is 9.59 Å². The molecule has 0 spiro atoms. The summed E-state index contributed by atoms with van der Waals surface area (Å²) in [6.07, 6.45) is 4.50. The quantitative estimate of drug-likeness (QED) is 0.320. The first-order chi connectivity index (χ1) is 12.5. The van der Waals surface area contributed by atoms with Gasteiger partial charge in [-0.1, -0.05) is 0 Å².